The van der Waals surface area contributed by atoms with Crippen LogP contribution in [0.3, 0.4) is 0 Å². The van der Waals surface area contributed by atoms with Crippen LogP contribution >= 0.6 is 23.4 Å². The van der Waals surface area contributed by atoms with Crippen LogP contribution < -0.4 is 10.6 Å². The Morgan fingerprint density at radius 1 is 1.28 bits per heavy atom. The highest BCUT2D eigenvalue weighted by Crippen LogP contribution is 2.27. The SMILES string of the molecule is O=C1NC(=O)C(=Cc2cnn3ccc(Nc4cccc(Cl)c4)nc23)S1. The van der Waals surface area contributed by atoms with Gasteiger partial charge in [0.1, 0.15) is 5.82 Å². The van der Waals surface area contributed by atoms with E-state index in [0.29, 0.717) is 27.0 Å². The number of nitrogens with one attached hydrogen (secondary N) is 2. The number of halogens is 1. The van der Waals surface area contributed by atoms with Crippen molar-refractivity contribution in [2.75, 3.05) is 5.32 Å². The first-order valence-corrected chi connectivity index (χ1v) is 8.40. The summed E-state index contributed by atoms with van der Waals surface area (Å²) in [6, 6.07) is 9.07. The van der Waals surface area contributed by atoms with E-state index in [0.717, 1.165) is 17.4 Å². The smallest absolute Gasteiger partial charge is 0.290 e. The lowest BCUT2D eigenvalue weighted by atomic mass is 10.3. The number of amides is 2. The second-order valence-electron chi connectivity index (χ2n) is 5.17. The minimum Gasteiger partial charge on any atom is -0.340 e. The largest absolute Gasteiger partial charge is 0.340 e. The van der Waals surface area contributed by atoms with Crippen LogP contribution in [0.5, 0.6) is 0 Å². The topological polar surface area (TPSA) is 88.4 Å². The molecule has 3 heterocycles. The van der Waals surface area contributed by atoms with Crippen LogP contribution in [-0.4, -0.2) is 25.7 Å². The summed E-state index contributed by atoms with van der Waals surface area (Å²) in [4.78, 5) is 27.8. The normalized spacial score (nSPS) is 15.8. The molecule has 0 atom stereocenters. The van der Waals surface area contributed by atoms with Crippen LogP contribution in [0.25, 0.3) is 11.7 Å². The quantitative estimate of drug-likeness (QED) is 0.685. The van der Waals surface area contributed by atoms with Gasteiger partial charge in [0.2, 0.25) is 0 Å². The number of benzene rings is 1. The molecule has 2 aromatic heterocycles. The zero-order valence-electron chi connectivity index (χ0n) is 12.6. The predicted molar refractivity (Wildman–Crippen MR) is 96.8 cm³/mol. The van der Waals surface area contributed by atoms with Crippen molar-refractivity contribution in [3.05, 3.63) is 58.2 Å². The monoisotopic (exact) mass is 371 g/mol. The highest BCUT2D eigenvalue weighted by Gasteiger charge is 2.25. The molecule has 0 bridgehead atoms. The molecule has 1 fully saturated rings. The van der Waals surface area contributed by atoms with Crippen molar-refractivity contribution in [3.63, 3.8) is 0 Å². The van der Waals surface area contributed by atoms with Gasteiger partial charge >= 0.3 is 0 Å². The number of thioether (sulfide) groups is 1. The van der Waals surface area contributed by atoms with Gasteiger partial charge in [0.25, 0.3) is 11.1 Å². The van der Waals surface area contributed by atoms with Crippen LogP contribution in [0.4, 0.5) is 16.3 Å². The fourth-order valence-electron chi connectivity index (χ4n) is 2.33. The van der Waals surface area contributed by atoms with E-state index >= 15 is 0 Å². The molecule has 1 aliphatic rings. The Morgan fingerprint density at radius 2 is 2.16 bits per heavy atom. The average Bonchev–Trinajstić information content (AvgIpc) is 3.11. The number of hydrogen-bond acceptors (Lipinski definition) is 6. The van der Waals surface area contributed by atoms with E-state index in [-0.39, 0.29) is 5.24 Å². The van der Waals surface area contributed by atoms with E-state index in [2.05, 4.69) is 20.7 Å². The highest BCUT2D eigenvalue weighted by atomic mass is 35.5. The van der Waals surface area contributed by atoms with Crippen molar-refractivity contribution in [1.29, 1.82) is 0 Å². The molecular weight excluding hydrogens is 362 g/mol. The molecule has 25 heavy (non-hydrogen) atoms. The van der Waals surface area contributed by atoms with Gasteiger partial charge in [-0.15, -0.1) is 0 Å². The number of imide groups is 1. The Kier molecular flexibility index (Phi) is 3.90. The van der Waals surface area contributed by atoms with Crippen molar-refractivity contribution in [2.24, 2.45) is 0 Å². The second kappa shape index (κ2) is 6.23. The zero-order valence-corrected chi connectivity index (χ0v) is 14.1. The third-order valence-electron chi connectivity index (χ3n) is 3.42. The maximum atomic E-state index is 11.7. The third-order valence-corrected chi connectivity index (χ3v) is 4.47. The van der Waals surface area contributed by atoms with Crippen LogP contribution in [-0.2, 0) is 4.79 Å². The fourth-order valence-corrected chi connectivity index (χ4v) is 3.20. The van der Waals surface area contributed by atoms with Crippen molar-refractivity contribution in [2.45, 2.75) is 0 Å². The summed E-state index contributed by atoms with van der Waals surface area (Å²) >= 11 is 6.84. The van der Waals surface area contributed by atoms with Crippen molar-refractivity contribution < 1.29 is 9.59 Å². The van der Waals surface area contributed by atoms with E-state index in [1.54, 1.807) is 41.2 Å². The first-order valence-electron chi connectivity index (χ1n) is 7.20. The number of anilines is 2. The van der Waals surface area contributed by atoms with Gasteiger partial charge in [-0.2, -0.15) is 5.10 Å². The standard InChI is InChI=1S/C16H10ClN5O2S/c17-10-2-1-3-11(7-10)19-13-4-5-22-14(20-13)9(8-18-22)6-12-15(23)21-16(24)25-12/h1-8H,(H,19,20)(H,21,23,24). The van der Waals surface area contributed by atoms with Gasteiger partial charge in [-0.1, -0.05) is 17.7 Å². The number of rotatable bonds is 3. The number of fused-ring (bicyclic) bond motifs is 1. The number of carbonyl (C=O) groups is 2. The lowest BCUT2D eigenvalue weighted by Gasteiger charge is -2.06. The van der Waals surface area contributed by atoms with Crippen molar-refractivity contribution >= 4 is 57.7 Å². The molecule has 7 nitrogen and oxygen atoms in total. The summed E-state index contributed by atoms with van der Waals surface area (Å²) in [6.07, 6.45) is 4.95. The zero-order chi connectivity index (χ0) is 17.4. The van der Waals surface area contributed by atoms with Gasteiger partial charge in [-0.3, -0.25) is 14.9 Å². The predicted octanol–water partition coefficient (Wildman–Crippen LogP) is 3.45. The lowest BCUT2D eigenvalue weighted by molar-refractivity contribution is -0.115. The van der Waals surface area contributed by atoms with Crippen LogP contribution in [0.2, 0.25) is 5.02 Å². The summed E-state index contributed by atoms with van der Waals surface area (Å²) in [7, 11) is 0. The molecule has 2 amide bonds. The maximum absolute atomic E-state index is 11.7. The Hall–Kier alpha value is -2.84. The molecule has 1 aliphatic heterocycles. The summed E-state index contributed by atoms with van der Waals surface area (Å²) in [6.45, 7) is 0. The number of carbonyl (C=O) groups excluding carboxylic acids is 2. The molecule has 0 aliphatic carbocycles. The molecule has 0 saturated carbocycles. The van der Waals surface area contributed by atoms with Gasteiger partial charge in [0.15, 0.2) is 5.65 Å². The molecule has 0 unspecified atom stereocenters. The minimum atomic E-state index is -0.414. The number of aromatic nitrogens is 3. The third kappa shape index (κ3) is 3.21. The van der Waals surface area contributed by atoms with Crippen LogP contribution in [0.1, 0.15) is 5.56 Å². The molecule has 4 rings (SSSR count). The number of hydrogen-bond donors (Lipinski definition) is 2. The molecule has 9 heteroatoms. The molecule has 2 N–H and O–H groups in total. The van der Waals surface area contributed by atoms with E-state index in [1.165, 1.54) is 0 Å². The Balaban J connectivity index is 1.69. The molecule has 0 radical (unpaired) electrons. The first kappa shape index (κ1) is 15.7. The number of nitrogens with zero attached hydrogens (tertiary/aromatic N) is 3. The van der Waals surface area contributed by atoms with Crippen LogP contribution in [0.15, 0.2) is 47.6 Å². The fraction of sp³-hybridized carbons (Fsp3) is 0. The van der Waals surface area contributed by atoms with Gasteiger partial charge in [-0.25, -0.2) is 9.50 Å². The first-order chi connectivity index (χ1) is 12.1. The molecule has 1 aromatic carbocycles. The minimum absolute atomic E-state index is 0.315. The summed E-state index contributed by atoms with van der Waals surface area (Å²) in [5.41, 5.74) is 2.01. The molecule has 1 saturated heterocycles. The molecule has 0 spiro atoms. The second-order valence-corrected chi connectivity index (χ2v) is 6.62. The maximum Gasteiger partial charge on any atom is 0.290 e. The lowest BCUT2D eigenvalue weighted by Crippen LogP contribution is -2.17. The van der Waals surface area contributed by atoms with Crippen LogP contribution in [0, 0.1) is 0 Å². The summed E-state index contributed by atoms with van der Waals surface area (Å²) < 4.78 is 1.59. The highest BCUT2D eigenvalue weighted by molar-refractivity contribution is 8.18. The summed E-state index contributed by atoms with van der Waals surface area (Å²) in [5, 5.41) is 9.83. The van der Waals surface area contributed by atoms with Crippen molar-refractivity contribution in [1.82, 2.24) is 19.9 Å². The van der Waals surface area contributed by atoms with E-state index in [9.17, 15) is 9.59 Å². The van der Waals surface area contributed by atoms with E-state index in [1.807, 2.05) is 12.1 Å². The molecule has 124 valence electrons. The average molecular weight is 372 g/mol. The Morgan fingerprint density at radius 3 is 2.92 bits per heavy atom. The molecular formula is C16H10ClN5O2S. The van der Waals surface area contributed by atoms with Gasteiger partial charge in [-0.05, 0) is 42.1 Å². The Labute approximate surface area is 151 Å². The summed E-state index contributed by atoms with van der Waals surface area (Å²) in [5.74, 6) is 0.192. The van der Waals surface area contributed by atoms with Gasteiger partial charge in [0.05, 0.1) is 11.1 Å². The van der Waals surface area contributed by atoms with E-state index < -0.39 is 5.91 Å². The van der Waals surface area contributed by atoms with E-state index in [4.69, 9.17) is 11.6 Å². The van der Waals surface area contributed by atoms with Crippen molar-refractivity contribution in [3.8, 4) is 0 Å². The van der Waals surface area contributed by atoms with Gasteiger partial charge in [0, 0.05) is 22.5 Å². The molecule has 3 aromatic rings. The van der Waals surface area contributed by atoms with Gasteiger partial charge < -0.3 is 5.32 Å². The Bertz CT molecular complexity index is 1050.